The minimum Gasteiger partial charge on any atom is -0.759 e. The van der Waals surface area contributed by atoms with Crippen molar-refractivity contribution in [2.24, 2.45) is 0 Å². The number of carbonyl (C=O) groups is 3. The maximum atomic E-state index is 10.1. The summed E-state index contributed by atoms with van der Waals surface area (Å²) in [6, 6.07) is 0. The molecule has 0 amide bonds. The van der Waals surface area contributed by atoms with Gasteiger partial charge in [0.2, 0.25) is 0 Å². The summed E-state index contributed by atoms with van der Waals surface area (Å²) in [6.45, 7) is 0. The van der Waals surface area contributed by atoms with Gasteiger partial charge >= 0.3 is 55.8 Å². The standard InChI is InChI=1S/C6H8O7.Na.H2O4S.Zr/c7-3(8)1-6(13,5(11)12)2-4(9)10;;1-5(2,3)4;/h13H,1-2H2,(H,7,8)(H,9,10)(H,11,12);;(H2,1,2,3,4);/q;+1;;+4/p-5. The van der Waals surface area contributed by atoms with Gasteiger partial charge < -0.3 is 43.9 Å². The van der Waals surface area contributed by atoms with Gasteiger partial charge in [-0.1, -0.05) is 0 Å². The maximum absolute atomic E-state index is 10.1. The van der Waals surface area contributed by atoms with Crippen LogP contribution in [-0.4, -0.2) is 46.1 Å². The van der Waals surface area contributed by atoms with Crippen LogP contribution >= 0.6 is 0 Å². The summed E-state index contributed by atoms with van der Waals surface area (Å²) in [7, 11) is -5.17. The second kappa shape index (κ2) is 11.7. The number of carbonyl (C=O) groups excluding carboxylic acids is 3. The summed E-state index contributed by atoms with van der Waals surface area (Å²) in [5.41, 5.74) is -2.97. The van der Waals surface area contributed by atoms with Gasteiger partial charge in [-0.25, -0.2) is 0 Å². The van der Waals surface area contributed by atoms with Gasteiger partial charge in [-0.3, -0.25) is 8.42 Å². The first kappa shape index (κ1) is 28.3. The molecule has 0 rings (SSSR count). The van der Waals surface area contributed by atoms with Gasteiger partial charge in [-0.15, -0.1) is 0 Å². The predicted octanol–water partition coefficient (Wildman–Crippen LogP) is -9.59. The van der Waals surface area contributed by atoms with Crippen LogP contribution < -0.4 is 44.9 Å². The molecule has 11 nitrogen and oxygen atoms in total. The van der Waals surface area contributed by atoms with Gasteiger partial charge in [0.25, 0.3) is 0 Å². The van der Waals surface area contributed by atoms with Crippen molar-refractivity contribution in [3.05, 3.63) is 0 Å². The third-order valence-corrected chi connectivity index (χ3v) is 1.25. The van der Waals surface area contributed by atoms with Crippen molar-refractivity contribution in [1.82, 2.24) is 0 Å². The minimum absolute atomic E-state index is 0. The summed E-state index contributed by atoms with van der Waals surface area (Å²) < 4.78 is 34.1. The first-order valence-electron chi connectivity index (χ1n) is 3.78. The topological polar surface area (TPSA) is 221 Å². The van der Waals surface area contributed by atoms with Crippen molar-refractivity contribution in [2.75, 3.05) is 0 Å². The van der Waals surface area contributed by atoms with E-state index in [2.05, 4.69) is 0 Å². The molecular weight excluding hydrogens is 394 g/mol. The Hall–Kier alpha value is 0.123. The molecule has 0 aromatic heterocycles. The van der Waals surface area contributed by atoms with Gasteiger partial charge in [0.1, 0.15) is 5.60 Å². The quantitative estimate of drug-likeness (QED) is 0.259. The number of carboxylic acid groups (broad SMARTS) is 3. The summed E-state index contributed by atoms with van der Waals surface area (Å²) in [6.07, 6.45) is -2.72. The van der Waals surface area contributed by atoms with Crippen molar-refractivity contribution >= 4 is 28.3 Å². The molecule has 0 aliphatic rings. The Kier molecular flexibility index (Phi) is 16.6. The van der Waals surface area contributed by atoms with Gasteiger partial charge in [-0.2, -0.15) is 0 Å². The first-order valence-corrected chi connectivity index (χ1v) is 5.11. The zero-order chi connectivity index (χ0) is 15.1. The molecule has 0 atom stereocenters. The number of carboxylic acids is 3. The molecule has 0 heterocycles. The maximum Gasteiger partial charge on any atom is 4.00 e. The van der Waals surface area contributed by atoms with Crippen LogP contribution in [0.1, 0.15) is 12.8 Å². The Labute approximate surface area is 154 Å². The third-order valence-electron chi connectivity index (χ3n) is 1.25. The van der Waals surface area contributed by atoms with Crippen LogP contribution in [0, 0.1) is 0 Å². The Bertz CT molecular complexity index is 408. The Morgan fingerprint density at radius 2 is 1.15 bits per heavy atom. The molecule has 14 heteroatoms. The van der Waals surface area contributed by atoms with Crippen molar-refractivity contribution in [1.29, 1.82) is 0 Å². The molecule has 0 aromatic rings. The molecule has 0 unspecified atom stereocenters. The Morgan fingerprint density at radius 1 is 0.950 bits per heavy atom. The molecule has 0 saturated heterocycles. The third kappa shape index (κ3) is 20.4. The molecule has 0 aliphatic carbocycles. The van der Waals surface area contributed by atoms with Crippen molar-refractivity contribution in [3.8, 4) is 0 Å². The van der Waals surface area contributed by atoms with Gasteiger partial charge in [0.05, 0.1) is 5.97 Å². The molecule has 0 spiro atoms. The molecule has 0 saturated carbocycles. The largest absolute Gasteiger partial charge is 4.00 e. The van der Waals surface area contributed by atoms with E-state index in [0.717, 1.165) is 0 Å². The molecule has 0 radical (unpaired) electrons. The monoisotopic (exact) mass is 398 g/mol. The van der Waals surface area contributed by atoms with Crippen LogP contribution in [-0.2, 0) is 51.0 Å². The van der Waals surface area contributed by atoms with E-state index in [4.69, 9.17) is 22.6 Å². The fourth-order valence-electron chi connectivity index (χ4n) is 0.684. The summed E-state index contributed by atoms with van der Waals surface area (Å²) in [5, 5.41) is 38.9. The van der Waals surface area contributed by atoms with E-state index in [-0.39, 0.29) is 55.8 Å². The number of aliphatic hydroxyl groups is 1. The van der Waals surface area contributed by atoms with E-state index in [1.165, 1.54) is 0 Å². The number of hydrogen-bond donors (Lipinski definition) is 1. The average molecular weight is 399 g/mol. The molecule has 106 valence electrons. The molecule has 0 aliphatic heterocycles. The van der Waals surface area contributed by atoms with E-state index < -0.39 is 46.7 Å². The Balaban J connectivity index is -0.000000158. The summed E-state index contributed by atoms with van der Waals surface area (Å²) in [5.74, 6) is -5.98. The second-order valence-electron chi connectivity index (χ2n) is 2.82. The van der Waals surface area contributed by atoms with E-state index in [1.54, 1.807) is 0 Å². The molecule has 1 N–H and O–H groups in total. The minimum atomic E-state index is -5.17. The van der Waals surface area contributed by atoms with Gasteiger partial charge in [0, 0.05) is 35.2 Å². The van der Waals surface area contributed by atoms with Crippen LogP contribution in [0.3, 0.4) is 0 Å². The van der Waals surface area contributed by atoms with Gasteiger partial charge in [0.15, 0.2) is 0 Å². The van der Waals surface area contributed by atoms with Crippen LogP contribution in [0.4, 0.5) is 0 Å². The number of hydrogen-bond acceptors (Lipinski definition) is 11. The zero-order valence-corrected chi connectivity index (χ0v) is 15.1. The van der Waals surface area contributed by atoms with E-state index in [9.17, 15) is 29.7 Å². The fourth-order valence-corrected chi connectivity index (χ4v) is 0.684. The molecule has 0 fully saturated rings. The second-order valence-corrected chi connectivity index (χ2v) is 3.64. The molecular formula is C6H5NaO11SZr. The smallest absolute Gasteiger partial charge is 0.759 e. The molecule has 0 aromatic carbocycles. The predicted molar refractivity (Wildman–Crippen MR) is 39.7 cm³/mol. The van der Waals surface area contributed by atoms with Crippen molar-refractivity contribution < 1.29 is 108 Å². The number of aliphatic carboxylic acids is 3. The fraction of sp³-hybridized carbons (Fsp3) is 0.500. The molecule has 20 heavy (non-hydrogen) atoms. The van der Waals surface area contributed by atoms with E-state index in [0.29, 0.717) is 0 Å². The number of rotatable bonds is 5. The van der Waals surface area contributed by atoms with E-state index >= 15 is 0 Å². The zero-order valence-electron chi connectivity index (χ0n) is 9.85. The molecule has 0 bridgehead atoms. The first-order chi connectivity index (χ1) is 7.78. The summed E-state index contributed by atoms with van der Waals surface area (Å²) in [4.78, 5) is 30.0. The SMILES string of the molecule is O=C([O-])CC(O)(CC(=O)[O-])C(=O)[O-].O=S(=O)([O-])[O-].[Na+].[Zr+4]. The van der Waals surface area contributed by atoms with Crippen molar-refractivity contribution in [3.63, 3.8) is 0 Å². The van der Waals surface area contributed by atoms with Crippen LogP contribution in [0.2, 0.25) is 0 Å². The normalized spacial score (nSPS) is 9.95. The van der Waals surface area contributed by atoms with Crippen molar-refractivity contribution in [2.45, 2.75) is 18.4 Å². The summed E-state index contributed by atoms with van der Waals surface area (Å²) >= 11 is 0. The Morgan fingerprint density at radius 3 is 1.25 bits per heavy atom. The van der Waals surface area contributed by atoms with Crippen LogP contribution in [0.5, 0.6) is 0 Å². The average Bonchev–Trinajstić information content (AvgIpc) is 1.95. The van der Waals surface area contributed by atoms with E-state index in [1.807, 2.05) is 0 Å². The van der Waals surface area contributed by atoms with Crippen LogP contribution in [0.25, 0.3) is 0 Å². The van der Waals surface area contributed by atoms with Gasteiger partial charge in [-0.05, 0) is 0 Å². The van der Waals surface area contributed by atoms with Crippen LogP contribution in [0.15, 0.2) is 0 Å².